The van der Waals surface area contributed by atoms with Gasteiger partial charge in [0.25, 0.3) is 5.91 Å². The number of aromatic nitrogens is 1. The molecule has 2 heterocycles. The van der Waals surface area contributed by atoms with Crippen molar-refractivity contribution in [3.05, 3.63) is 58.7 Å². The molecule has 4 nitrogen and oxygen atoms in total. The predicted molar refractivity (Wildman–Crippen MR) is 115 cm³/mol. The van der Waals surface area contributed by atoms with Crippen LogP contribution in [0.5, 0.6) is 0 Å². The first-order valence-corrected chi connectivity index (χ1v) is 11.1. The van der Waals surface area contributed by atoms with Crippen LogP contribution in [0, 0.1) is 0 Å². The molecule has 1 aliphatic rings. The fourth-order valence-corrected chi connectivity index (χ4v) is 4.27. The van der Waals surface area contributed by atoms with E-state index in [-0.39, 0.29) is 5.91 Å². The number of pyridine rings is 1. The highest BCUT2D eigenvalue weighted by atomic mass is 35.5. The molecule has 0 atom stereocenters. The largest absolute Gasteiger partial charge is 0.370 e. The summed E-state index contributed by atoms with van der Waals surface area (Å²) in [6, 6.07) is 11.7. The van der Waals surface area contributed by atoms with Crippen LogP contribution in [0.2, 0.25) is 5.02 Å². The summed E-state index contributed by atoms with van der Waals surface area (Å²) in [4.78, 5) is 18.9. The Hall–Kier alpha value is -1.72. The van der Waals surface area contributed by atoms with E-state index in [0.29, 0.717) is 0 Å². The number of halogens is 1. The first-order valence-electron chi connectivity index (χ1n) is 9.54. The lowest BCUT2D eigenvalue weighted by Crippen LogP contribution is -2.35. The maximum Gasteiger partial charge on any atom is 0.254 e. The number of nitrogens with one attached hydrogen (secondary N) is 1. The lowest BCUT2D eigenvalue weighted by molar-refractivity contribution is 0.0724. The van der Waals surface area contributed by atoms with Crippen molar-refractivity contribution in [1.82, 2.24) is 9.88 Å². The topological polar surface area (TPSA) is 45.2 Å². The van der Waals surface area contributed by atoms with Crippen molar-refractivity contribution in [2.24, 2.45) is 0 Å². The Bertz CT molecular complexity index is 750. The van der Waals surface area contributed by atoms with E-state index in [2.05, 4.69) is 16.4 Å². The van der Waals surface area contributed by atoms with Gasteiger partial charge in [-0.15, -0.1) is 0 Å². The van der Waals surface area contributed by atoms with Gasteiger partial charge in [-0.05, 0) is 61.3 Å². The lowest BCUT2D eigenvalue weighted by Gasteiger charge is -2.26. The molecule has 0 saturated carbocycles. The standard InChI is InChI=1S/C21H26ClN3OS/c22-19-7-4-6-17(14-19)16-27-13-5-9-23-20-15-18(8-10-24-20)21(26)25-11-2-1-3-12-25/h4,6-8,10,14-15H,1-3,5,9,11-13,16H2,(H,23,24). The number of hydrogen-bond donors (Lipinski definition) is 1. The van der Waals surface area contributed by atoms with Crippen molar-refractivity contribution in [3.63, 3.8) is 0 Å². The summed E-state index contributed by atoms with van der Waals surface area (Å²) in [6.07, 6.45) is 6.19. The minimum atomic E-state index is 0.122. The SMILES string of the molecule is O=C(c1ccnc(NCCCSCc2cccc(Cl)c2)c1)N1CCCCC1. The highest BCUT2D eigenvalue weighted by Gasteiger charge is 2.18. The Morgan fingerprint density at radius 2 is 2.04 bits per heavy atom. The number of anilines is 1. The highest BCUT2D eigenvalue weighted by molar-refractivity contribution is 7.98. The number of nitrogens with zero attached hydrogens (tertiary/aromatic N) is 2. The van der Waals surface area contributed by atoms with Gasteiger partial charge >= 0.3 is 0 Å². The van der Waals surface area contributed by atoms with E-state index in [0.717, 1.165) is 66.8 Å². The van der Waals surface area contributed by atoms with Crippen molar-refractivity contribution in [2.75, 3.05) is 30.7 Å². The molecule has 0 unspecified atom stereocenters. The van der Waals surface area contributed by atoms with Gasteiger partial charge in [0.15, 0.2) is 0 Å². The second-order valence-electron chi connectivity index (χ2n) is 6.75. The third kappa shape index (κ3) is 6.43. The molecule has 1 aliphatic heterocycles. The second-order valence-corrected chi connectivity index (χ2v) is 8.29. The van der Waals surface area contributed by atoms with E-state index >= 15 is 0 Å². The number of likely N-dealkylation sites (tertiary alicyclic amines) is 1. The second kappa shape index (κ2) is 10.6. The Kier molecular flexibility index (Phi) is 7.84. The number of rotatable bonds is 8. The van der Waals surface area contributed by atoms with Crippen molar-refractivity contribution in [3.8, 4) is 0 Å². The molecule has 1 saturated heterocycles. The summed E-state index contributed by atoms with van der Waals surface area (Å²) in [5.41, 5.74) is 1.98. The molecule has 0 spiro atoms. The van der Waals surface area contributed by atoms with Crippen LogP contribution in [0.3, 0.4) is 0 Å². The molecule has 3 rings (SSSR count). The van der Waals surface area contributed by atoms with Gasteiger partial charge in [-0.25, -0.2) is 4.98 Å². The Labute approximate surface area is 170 Å². The minimum Gasteiger partial charge on any atom is -0.370 e. The molecule has 27 heavy (non-hydrogen) atoms. The van der Waals surface area contributed by atoms with Crippen LogP contribution >= 0.6 is 23.4 Å². The van der Waals surface area contributed by atoms with E-state index in [1.165, 1.54) is 12.0 Å². The summed E-state index contributed by atoms with van der Waals surface area (Å²) in [7, 11) is 0. The van der Waals surface area contributed by atoms with E-state index in [1.54, 1.807) is 6.20 Å². The monoisotopic (exact) mass is 403 g/mol. The number of amides is 1. The van der Waals surface area contributed by atoms with E-state index in [1.807, 2.05) is 47.0 Å². The van der Waals surface area contributed by atoms with Crippen molar-refractivity contribution >= 4 is 35.1 Å². The Morgan fingerprint density at radius 1 is 1.19 bits per heavy atom. The number of benzene rings is 1. The first-order chi connectivity index (χ1) is 13.2. The van der Waals surface area contributed by atoms with E-state index in [4.69, 9.17) is 11.6 Å². The predicted octanol–water partition coefficient (Wildman–Crippen LogP) is 5.10. The molecular weight excluding hydrogens is 378 g/mol. The van der Waals surface area contributed by atoms with Crippen molar-refractivity contribution < 1.29 is 4.79 Å². The summed E-state index contributed by atoms with van der Waals surface area (Å²) in [5, 5.41) is 4.13. The third-order valence-electron chi connectivity index (χ3n) is 4.58. The van der Waals surface area contributed by atoms with E-state index in [9.17, 15) is 4.79 Å². The molecule has 1 amide bonds. The molecule has 2 aromatic rings. The molecule has 0 radical (unpaired) electrons. The van der Waals surface area contributed by atoms with Gasteiger partial charge < -0.3 is 10.2 Å². The Balaban J connectivity index is 1.39. The maximum atomic E-state index is 12.6. The maximum absolute atomic E-state index is 12.6. The van der Waals surface area contributed by atoms with Crippen molar-refractivity contribution in [2.45, 2.75) is 31.4 Å². The van der Waals surface area contributed by atoms with Crippen molar-refractivity contribution in [1.29, 1.82) is 0 Å². The lowest BCUT2D eigenvalue weighted by atomic mass is 10.1. The van der Waals surface area contributed by atoms with Crippen LogP contribution in [0.4, 0.5) is 5.82 Å². The molecule has 144 valence electrons. The molecule has 1 fully saturated rings. The third-order valence-corrected chi connectivity index (χ3v) is 5.93. The number of piperidine rings is 1. The fourth-order valence-electron chi connectivity index (χ4n) is 3.15. The van der Waals surface area contributed by atoms with E-state index < -0.39 is 0 Å². The molecule has 0 aliphatic carbocycles. The average molecular weight is 404 g/mol. The first kappa shape index (κ1) is 20.0. The van der Waals surface area contributed by atoms with Gasteiger partial charge in [0.05, 0.1) is 0 Å². The van der Waals surface area contributed by atoms with Gasteiger partial charge in [0, 0.05) is 42.2 Å². The number of carbonyl (C=O) groups excluding carboxylic acids is 1. The van der Waals surface area contributed by atoms with Crippen LogP contribution in [0.25, 0.3) is 0 Å². The molecule has 0 bridgehead atoms. The highest BCUT2D eigenvalue weighted by Crippen LogP contribution is 2.18. The van der Waals surface area contributed by atoms with Crippen LogP contribution in [0.1, 0.15) is 41.6 Å². The smallest absolute Gasteiger partial charge is 0.254 e. The zero-order chi connectivity index (χ0) is 18.9. The number of hydrogen-bond acceptors (Lipinski definition) is 4. The summed E-state index contributed by atoms with van der Waals surface area (Å²) in [5.74, 6) is 2.93. The molecule has 1 aromatic carbocycles. The molecule has 6 heteroatoms. The van der Waals surface area contributed by atoms with Gasteiger partial charge in [0.1, 0.15) is 5.82 Å². The fraction of sp³-hybridized carbons (Fsp3) is 0.429. The minimum absolute atomic E-state index is 0.122. The van der Waals surface area contributed by atoms with Gasteiger partial charge in [-0.3, -0.25) is 4.79 Å². The Morgan fingerprint density at radius 3 is 2.85 bits per heavy atom. The van der Waals surface area contributed by atoms with Crippen LogP contribution in [-0.2, 0) is 5.75 Å². The normalized spacial score (nSPS) is 14.2. The molecule has 1 N–H and O–H groups in total. The quantitative estimate of drug-likeness (QED) is 0.623. The average Bonchev–Trinajstić information content (AvgIpc) is 2.71. The molecule has 1 aromatic heterocycles. The summed E-state index contributed by atoms with van der Waals surface area (Å²) in [6.45, 7) is 2.58. The summed E-state index contributed by atoms with van der Waals surface area (Å²) < 4.78 is 0. The van der Waals surface area contributed by atoms with Gasteiger partial charge in [-0.2, -0.15) is 11.8 Å². The number of thioether (sulfide) groups is 1. The van der Waals surface area contributed by atoms with Crippen LogP contribution < -0.4 is 5.32 Å². The zero-order valence-electron chi connectivity index (χ0n) is 15.5. The van der Waals surface area contributed by atoms with Crippen LogP contribution in [-0.4, -0.2) is 41.2 Å². The number of carbonyl (C=O) groups is 1. The van der Waals surface area contributed by atoms with Gasteiger partial charge in [0.2, 0.25) is 0 Å². The zero-order valence-corrected chi connectivity index (χ0v) is 17.1. The summed E-state index contributed by atoms with van der Waals surface area (Å²) >= 11 is 7.90. The van der Waals surface area contributed by atoms with Gasteiger partial charge in [-0.1, -0.05) is 23.7 Å². The molecular formula is C21H26ClN3OS. The van der Waals surface area contributed by atoms with Crippen LogP contribution in [0.15, 0.2) is 42.6 Å².